The van der Waals surface area contributed by atoms with E-state index in [1.54, 1.807) is 0 Å². The van der Waals surface area contributed by atoms with Crippen molar-refractivity contribution in [3.8, 4) is 0 Å². The molecule has 1 fully saturated rings. The fourth-order valence-corrected chi connectivity index (χ4v) is 2.04. The maximum atomic E-state index is 13.5. The maximum absolute atomic E-state index is 13.5. The van der Waals surface area contributed by atoms with Crippen LogP contribution in [0, 0.1) is 11.6 Å². The third-order valence-electron chi connectivity index (χ3n) is 2.31. The fraction of sp³-hybridized carbons (Fsp3) is 0.400. The summed E-state index contributed by atoms with van der Waals surface area (Å²) < 4.78 is 32.6. The van der Waals surface area contributed by atoms with Crippen molar-refractivity contribution in [1.82, 2.24) is 5.32 Å². The summed E-state index contributed by atoms with van der Waals surface area (Å²) in [5.41, 5.74) is 0.0536. The molecule has 0 spiro atoms. The van der Waals surface area contributed by atoms with Crippen LogP contribution in [0.1, 0.15) is 11.6 Å². The molecule has 90 valence electrons. The van der Waals surface area contributed by atoms with Gasteiger partial charge in [0.25, 0.3) is 0 Å². The first-order chi connectivity index (χ1) is 7.18. The Hall–Kier alpha value is -0.230. The van der Waals surface area contributed by atoms with E-state index in [0.717, 1.165) is 0 Å². The molecule has 0 saturated carbocycles. The average Bonchev–Trinajstić information content (AvgIpc) is 2.17. The van der Waals surface area contributed by atoms with Crippen LogP contribution >= 0.6 is 28.3 Å². The van der Waals surface area contributed by atoms with E-state index in [0.29, 0.717) is 24.2 Å². The van der Waals surface area contributed by atoms with E-state index < -0.39 is 17.7 Å². The van der Waals surface area contributed by atoms with Crippen LogP contribution in [0.5, 0.6) is 0 Å². The molecular weight excluding hydrogens is 303 g/mol. The zero-order valence-corrected chi connectivity index (χ0v) is 10.7. The van der Waals surface area contributed by atoms with Crippen LogP contribution in [-0.2, 0) is 4.74 Å². The highest BCUT2D eigenvalue weighted by Gasteiger charge is 2.22. The number of rotatable bonds is 1. The van der Waals surface area contributed by atoms with Crippen LogP contribution in [0.3, 0.4) is 0 Å². The van der Waals surface area contributed by atoms with Gasteiger partial charge in [-0.2, -0.15) is 0 Å². The van der Waals surface area contributed by atoms with Crippen molar-refractivity contribution in [1.29, 1.82) is 0 Å². The Bertz CT molecular complexity index is 349. The van der Waals surface area contributed by atoms with E-state index in [2.05, 4.69) is 21.2 Å². The highest BCUT2D eigenvalue weighted by atomic mass is 79.9. The van der Waals surface area contributed by atoms with Gasteiger partial charge in [0.05, 0.1) is 19.3 Å². The lowest BCUT2D eigenvalue weighted by molar-refractivity contribution is 0.0745. The molecule has 1 atom stereocenters. The van der Waals surface area contributed by atoms with E-state index in [1.807, 2.05) is 0 Å². The second kappa shape index (κ2) is 5.91. The van der Waals surface area contributed by atoms with E-state index in [9.17, 15) is 8.78 Å². The highest BCUT2D eigenvalue weighted by Crippen LogP contribution is 2.25. The smallest absolute Gasteiger partial charge is 0.132 e. The molecule has 6 heteroatoms. The van der Waals surface area contributed by atoms with Crippen LogP contribution < -0.4 is 5.32 Å². The molecule has 1 heterocycles. The van der Waals surface area contributed by atoms with Gasteiger partial charge in [0.15, 0.2) is 0 Å². The van der Waals surface area contributed by atoms with Gasteiger partial charge in [-0.25, -0.2) is 8.78 Å². The van der Waals surface area contributed by atoms with Gasteiger partial charge in [0.1, 0.15) is 11.6 Å². The number of ether oxygens (including phenoxy) is 1. The minimum absolute atomic E-state index is 0. The molecular formula is C10H11BrClF2NO. The zero-order chi connectivity index (χ0) is 10.8. The van der Waals surface area contributed by atoms with Gasteiger partial charge >= 0.3 is 0 Å². The fourth-order valence-electron chi connectivity index (χ4n) is 1.64. The summed E-state index contributed by atoms with van der Waals surface area (Å²) in [5, 5.41) is 3.02. The van der Waals surface area contributed by atoms with Gasteiger partial charge in [0, 0.05) is 16.6 Å². The molecule has 1 saturated heterocycles. The van der Waals surface area contributed by atoms with Gasteiger partial charge in [-0.1, -0.05) is 15.9 Å². The molecule has 0 aromatic heterocycles. The summed E-state index contributed by atoms with van der Waals surface area (Å²) in [5.74, 6) is -1.10. The Morgan fingerprint density at radius 3 is 2.44 bits per heavy atom. The maximum Gasteiger partial charge on any atom is 0.132 e. The van der Waals surface area contributed by atoms with E-state index in [1.165, 1.54) is 12.1 Å². The SMILES string of the molecule is Cl.Fc1cc(Br)cc(F)c1[C@H]1COCCN1. The van der Waals surface area contributed by atoms with Gasteiger partial charge < -0.3 is 10.1 Å². The number of halogens is 4. The lowest BCUT2D eigenvalue weighted by Gasteiger charge is -2.24. The van der Waals surface area contributed by atoms with Crippen molar-refractivity contribution in [3.05, 3.63) is 33.8 Å². The predicted octanol–water partition coefficient (Wildman–Crippen LogP) is 2.81. The van der Waals surface area contributed by atoms with Crippen LogP contribution in [0.15, 0.2) is 16.6 Å². The highest BCUT2D eigenvalue weighted by molar-refractivity contribution is 9.10. The molecule has 1 N–H and O–H groups in total. The van der Waals surface area contributed by atoms with Gasteiger partial charge in [-0.3, -0.25) is 0 Å². The molecule has 0 amide bonds. The van der Waals surface area contributed by atoms with Crippen LogP contribution in [0.2, 0.25) is 0 Å². The Labute approximate surface area is 107 Å². The standard InChI is InChI=1S/C10H10BrF2NO.ClH/c11-6-3-7(12)10(8(13)4-6)9-5-15-2-1-14-9;/h3-4,9,14H,1-2,5H2;1H/t9-;/m1./s1. The molecule has 0 bridgehead atoms. The summed E-state index contributed by atoms with van der Waals surface area (Å²) in [6.07, 6.45) is 0. The second-order valence-corrected chi connectivity index (χ2v) is 4.28. The molecule has 0 radical (unpaired) electrons. The Morgan fingerprint density at radius 2 is 1.94 bits per heavy atom. The lowest BCUT2D eigenvalue weighted by Crippen LogP contribution is -2.35. The van der Waals surface area contributed by atoms with Gasteiger partial charge in [-0.15, -0.1) is 12.4 Å². The van der Waals surface area contributed by atoms with Crippen molar-refractivity contribution < 1.29 is 13.5 Å². The van der Waals surface area contributed by atoms with Gasteiger partial charge in [-0.05, 0) is 12.1 Å². The number of morpholine rings is 1. The quantitative estimate of drug-likeness (QED) is 0.861. The molecule has 16 heavy (non-hydrogen) atoms. The van der Waals surface area contributed by atoms with E-state index in [4.69, 9.17) is 4.74 Å². The number of hydrogen-bond donors (Lipinski definition) is 1. The third-order valence-corrected chi connectivity index (χ3v) is 2.77. The molecule has 0 aliphatic carbocycles. The molecule has 1 aliphatic heterocycles. The molecule has 1 aromatic rings. The van der Waals surface area contributed by atoms with Crippen molar-refractivity contribution in [2.45, 2.75) is 6.04 Å². The second-order valence-electron chi connectivity index (χ2n) is 3.36. The van der Waals surface area contributed by atoms with Gasteiger partial charge in [0.2, 0.25) is 0 Å². The summed E-state index contributed by atoms with van der Waals surface area (Å²) in [6.45, 7) is 1.49. The van der Waals surface area contributed by atoms with Crippen LogP contribution in [-0.4, -0.2) is 19.8 Å². The Kier molecular flexibility index (Phi) is 5.11. The first kappa shape index (κ1) is 13.8. The largest absolute Gasteiger partial charge is 0.378 e. The third kappa shape index (κ3) is 2.91. The molecule has 2 nitrogen and oxygen atoms in total. The number of benzene rings is 1. The zero-order valence-electron chi connectivity index (χ0n) is 8.30. The molecule has 2 rings (SSSR count). The number of hydrogen-bond acceptors (Lipinski definition) is 2. The Balaban J connectivity index is 0.00000128. The minimum atomic E-state index is -0.551. The monoisotopic (exact) mass is 313 g/mol. The minimum Gasteiger partial charge on any atom is -0.378 e. The van der Waals surface area contributed by atoms with Crippen molar-refractivity contribution >= 4 is 28.3 Å². The first-order valence-electron chi connectivity index (χ1n) is 4.64. The molecule has 1 aliphatic rings. The van der Waals surface area contributed by atoms with Crippen LogP contribution in [0.25, 0.3) is 0 Å². The normalized spacial score (nSPS) is 20.3. The van der Waals surface area contributed by atoms with E-state index in [-0.39, 0.29) is 18.0 Å². The lowest BCUT2D eigenvalue weighted by atomic mass is 10.1. The topological polar surface area (TPSA) is 21.3 Å². The average molecular weight is 315 g/mol. The summed E-state index contributed by atoms with van der Waals surface area (Å²) in [4.78, 5) is 0. The van der Waals surface area contributed by atoms with Crippen molar-refractivity contribution in [3.63, 3.8) is 0 Å². The molecule has 0 unspecified atom stereocenters. The van der Waals surface area contributed by atoms with Crippen molar-refractivity contribution in [2.75, 3.05) is 19.8 Å². The first-order valence-corrected chi connectivity index (χ1v) is 5.43. The van der Waals surface area contributed by atoms with E-state index >= 15 is 0 Å². The summed E-state index contributed by atoms with van der Waals surface area (Å²) >= 11 is 3.04. The Morgan fingerprint density at radius 1 is 1.31 bits per heavy atom. The van der Waals surface area contributed by atoms with Crippen LogP contribution in [0.4, 0.5) is 8.78 Å². The molecule has 1 aromatic carbocycles. The summed E-state index contributed by atoms with van der Waals surface area (Å²) in [6, 6.07) is 2.12. The number of nitrogens with one attached hydrogen (secondary N) is 1. The van der Waals surface area contributed by atoms with Crippen molar-refractivity contribution in [2.24, 2.45) is 0 Å². The predicted molar refractivity (Wildman–Crippen MR) is 62.9 cm³/mol. The summed E-state index contributed by atoms with van der Waals surface area (Å²) in [7, 11) is 0.